The van der Waals surface area contributed by atoms with Gasteiger partial charge in [0.25, 0.3) is 0 Å². The van der Waals surface area contributed by atoms with E-state index in [1.54, 1.807) is 12.3 Å². The summed E-state index contributed by atoms with van der Waals surface area (Å²) in [4.78, 5) is 17.1. The molecule has 1 aliphatic heterocycles. The van der Waals surface area contributed by atoms with Crippen molar-refractivity contribution in [3.05, 3.63) is 59.4 Å². The van der Waals surface area contributed by atoms with E-state index in [1.807, 2.05) is 6.07 Å². The number of nitrogens with zero attached hydrogens (tertiary/aromatic N) is 2. The van der Waals surface area contributed by atoms with Gasteiger partial charge in [0.1, 0.15) is 5.69 Å². The van der Waals surface area contributed by atoms with Crippen LogP contribution in [0.4, 0.5) is 5.69 Å². The molecular formula is C16H16N2O2. The molecule has 0 aliphatic carbocycles. The monoisotopic (exact) mass is 268 g/mol. The van der Waals surface area contributed by atoms with Gasteiger partial charge in [-0.3, -0.25) is 0 Å². The molecule has 0 saturated carbocycles. The number of benzene rings is 1. The van der Waals surface area contributed by atoms with Crippen molar-refractivity contribution < 1.29 is 9.90 Å². The molecule has 0 spiro atoms. The SMILES string of the molecule is O=C(O)c1cc(N2CCCc3ccccc3C2)ccn1. The minimum absolute atomic E-state index is 0.0973. The van der Waals surface area contributed by atoms with E-state index in [9.17, 15) is 4.79 Å². The highest BCUT2D eigenvalue weighted by Gasteiger charge is 2.15. The fraction of sp³-hybridized carbons (Fsp3) is 0.250. The largest absolute Gasteiger partial charge is 0.477 e. The van der Waals surface area contributed by atoms with Crippen LogP contribution in [-0.2, 0) is 13.0 Å². The molecule has 4 heteroatoms. The molecule has 20 heavy (non-hydrogen) atoms. The first kappa shape index (κ1) is 12.7. The molecule has 1 aromatic carbocycles. The quantitative estimate of drug-likeness (QED) is 0.910. The van der Waals surface area contributed by atoms with E-state index < -0.39 is 5.97 Å². The second-order valence-corrected chi connectivity index (χ2v) is 5.00. The maximum Gasteiger partial charge on any atom is 0.354 e. The molecular weight excluding hydrogens is 252 g/mol. The summed E-state index contributed by atoms with van der Waals surface area (Å²) in [5.41, 5.74) is 3.73. The number of carbonyl (C=O) groups is 1. The second-order valence-electron chi connectivity index (χ2n) is 5.00. The van der Waals surface area contributed by atoms with E-state index in [1.165, 1.54) is 11.1 Å². The lowest BCUT2D eigenvalue weighted by atomic mass is 10.0. The Balaban J connectivity index is 1.91. The topological polar surface area (TPSA) is 53.4 Å². The van der Waals surface area contributed by atoms with Crippen molar-refractivity contribution in [2.45, 2.75) is 19.4 Å². The number of aromatic carboxylic acids is 1. The number of aromatic nitrogens is 1. The van der Waals surface area contributed by atoms with Crippen LogP contribution in [0.25, 0.3) is 0 Å². The lowest BCUT2D eigenvalue weighted by molar-refractivity contribution is 0.0690. The minimum Gasteiger partial charge on any atom is -0.477 e. The Morgan fingerprint density at radius 1 is 1.20 bits per heavy atom. The van der Waals surface area contributed by atoms with E-state index in [0.29, 0.717) is 0 Å². The summed E-state index contributed by atoms with van der Waals surface area (Å²) in [5.74, 6) is -0.984. The number of carboxylic acid groups (broad SMARTS) is 1. The smallest absolute Gasteiger partial charge is 0.354 e. The van der Waals surface area contributed by atoms with Gasteiger partial charge in [-0.2, -0.15) is 0 Å². The zero-order valence-corrected chi connectivity index (χ0v) is 11.1. The summed E-state index contributed by atoms with van der Waals surface area (Å²) in [5, 5.41) is 9.04. The van der Waals surface area contributed by atoms with Crippen molar-refractivity contribution in [1.29, 1.82) is 0 Å². The van der Waals surface area contributed by atoms with Crippen molar-refractivity contribution in [2.75, 3.05) is 11.4 Å². The first-order chi connectivity index (χ1) is 9.74. The Morgan fingerprint density at radius 2 is 2.00 bits per heavy atom. The molecule has 0 fully saturated rings. The summed E-state index contributed by atoms with van der Waals surface area (Å²) in [7, 11) is 0. The first-order valence-corrected chi connectivity index (χ1v) is 6.75. The van der Waals surface area contributed by atoms with Gasteiger partial charge in [0.2, 0.25) is 0 Å². The highest BCUT2D eigenvalue weighted by atomic mass is 16.4. The third-order valence-electron chi connectivity index (χ3n) is 3.68. The third kappa shape index (κ3) is 2.50. The highest BCUT2D eigenvalue weighted by Crippen LogP contribution is 2.24. The fourth-order valence-corrected chi connectivity index (χ4v) is 2.65. The predicted molar refractivity (Wildman–Crippen MR) is 77.0 cm³/mol. The van der Waals surface area contributed by atoms with Crippen molar-refractivity contribution in [2.24, 2.45) is 0 Å². The molecule has 0 atom stereocenters. The number of aryl methyl sites for hydroxylation is 1. The molecule has 1 aromatic heterocycles. The number of rotatable bonds is 2. The normalized spacial score (nSPS) is 14.5. The molecule has 1 aliphatic rings. The molecule has 0 saturated heterocycles. The van der Waals surface area contributed by atoms with Crippen LogP contribution in [0.5, 0.6) is 0 Å². The maximum atomic E-state index is 11.0. The molecule has 2 aromatic rings. The maximum absolute atomic E-state index is 11.0. The predicted octanol–water partition coefficient (Wildman–Crippen LogP) is 2.73. The Kier molecular flexibility index (Phi) is 3.37. The van der Waals surface area contributed by atoms with Crippen LogP contribution < -0.4 is 4.90 Å². The molecule has 0 radical (unpaired) electrons. The van der Waals surface area contributed by atoms with E-state index in [-0.39, 0.29) is 5.69 Å². The Labute approximate surface area is 117 Å². The lowest BCUT2D eigenvalue weighted by Gasteiger charge is -2.23. The van der Waals surface area contributed by atoms with Crippen molar-refractivity contribution >= 4 is 11.7 Å². The average Bonchev–Trinajstić information content (AvgIpc) is 2.69. The standard InChI is InChI=1S/C16H16N2O2/c19-16(20)15-10-14(7-8-17-15)18-9-3-6-12-4-1-2-5-13(12)11-18/h1-2,4-5,7-8,10H,3,6,9,11H2,(H,19,20). The van der Waals surface area contributed by atoms with Crippen LogP contribution in [0.2, 0.25) is 0 Å². The molecule has 102 valence electrons. The summed E-state index contributed by atoms with van der Waals surface area (Å²) in [6.45, 7) is 1.75. The van der Waals surface area contributed by atoms with Crippen LogP contribution >= 0.6 is 0 Å². The molecule has 0 amide bonds. The van der Waals surface area contributed by atoms with Crippen molar-refractivity contribution in [3.8, 4) is 0 Å². The molecule has 3 rings (SSSR count). The molecule has 4 nitrogen and oxygen atoms in total. The average molecular weight is 268 g/mol. The Morgan fingerprint density at radius 3 is 2.80 bits per heavy atom. The second kappa shape index (κ2) is 5.33. The number of fused-ring (bicyclic) bond motifs is 1. The zero-order valence-electron chi connectivity index (χ0n) is 11.1. The van der Waals surface area contributed by atoms with Crippen LogP contribution in [0.15, 0.2) is 42.6 Å². The van der Waals surface area contributed by atoms with Gasteiger partial charge in [0, 0.05) is 25.0 Å². The number of hydrogen-bond acceptors (Lipinski definition) is 3. The van der Waals surface area contributed by atoms with Crippen LogP contribution in [0.3, 0.4) is 0 Å². The number of hydrogen-bond donors (Lipinski definition) is 1. The summed E-state index contributed by atoms with van der Waals surface area (Å²) >= 11 is 0. The summed E-state index contributed by atoms with van der Waals surface area (Å²) in [6.07, 6.45) is 3.71. The number of anilines is 1. The third-order valence-corrected chi connectivity index (χ3v) is 3.68. The zero-order chi connectivity index (χ0) is 13.9. The Hall–Kier alpha value is -2.36. The minimum atomic E-state index is -0.984. The summed E-state index contributed by atoms with van der Waals surface area (Å²) in [6, 6.07) is 12.0. The van der Waals surface area contributed by atoms with Gasteiger partial charge >= 0.3 is 5.97 Å². The van der Waals surface area contributed by atoms with Crippen molar-refractivity contribution in [3.63, 3.8) is 0 Å². The van der Waals surface area contributed by atoms with Crippen molar-refractivity contribution in [1.82, 2.24) is 4.98 Å². The van der Waals surface area contributed by atoms with Crippen LogP contribution in [0, 0.1) is 0 Å². The van der Waals surface area contributed by atoms with Gasteiger partial charge in [0.15, 0.2) is 0 Å². The fourth-order valence-electron chi connectivity index (χ4n) is 2.65. The number of pyridine rings is 1. The van der Waals surface area contributed by atoms with E-state index >= 15 is 0 Å². The van der Waals surface area contributed by atoms with E-state index in [2.05, 4.69) is 34.1 Å². The van der Waals surface area contributed by atoms with Gasteiger partial charge < -0.3 is 10.0 Å². The van der Waals surface area contributed by atoms with E-state index in [0.717, 1.165) is 31.6 Å². The number of carboxylic acids is 1. The molecule has 0 bridgehead atoms. The van der Waals surface area contributed by atoms with Crippen LogP contribution in [0.1, 0.15) is 28.0 Å². The summed E-state index contributed by atoms with van der Waals surface area (Å²) < 4.78 is 0. The molecule has 2 heterocycles. The molecule has 0 unspecified atom stereocenters. The lowest BCUT2D eigenvalue weighted by Crippen LogP contribution is -2.23. The van der Waals surface area contributed by atoms with Gasteiger partial charge in [-0.05, 0) is 36.1 Å². The van der Waals surface area contributed by atoms with Gasteiger partial charge in [-0.1, -0.05) is 24.3 Å². The van der Waals surface area contributed by atoms with Gasteiger partial charge in [0.05, 0.1) is 0 Å². The van der Waals surface area contributed by atoms with E-state index in [4.69, 9.17) is 5.11 Å². The van der Waals surface area contributed by atoms with Crippen LogP contribution in [-0.4, -0.2) is 22.6 Å². The van der Waals surface area contributed by atoms with Gasteiger partial charge in [-0.25, -0.2) is 9.78 Å². The molecule has 1 N–H and O–H groups in total. The highest BCUT2D eigenvalue weighted by molar-refractivity contribution is 5.86. The first-order valence-electron chi connectivity index (χ1n) is 6.75. The van der Waals surface area contributed by atoms with Gasteiger partial charge in [-0.15, -0.1) is 0 Å². The Bertz CT molecular complexity index is 640.